The Hall–Kier alpha value is -1.16. The van der Waals surface area contributed by atoms with Crippen LogP contribution in [0.4, 0.5) is 4.79 Å². The van der Waals surface area contributed by atoms with Crippen molar-refractivity contribution in [1.29, 1.82) is 0 Å². The summed E-state index contributed by atoms with van der Waals surface area (Å²) in [6.07, 6.45) is -0.204. The van der Waals surface area contributed by atoms with Gasteiger partial charge in [-0.2, -0.15) is 0 Å². The number of rotatable bonds is 3. The molecule has 0 unspecified atom stereocenters. The van der Waals surface area contributed by atoms with Crippen molar-refractivity contribution < 1.29 is 9.90 Å². The maximum Gasteiger partial charge on any atom is 0.407 e. The topological polar surface area (TPSA) is 40.5 Å². The Kier molecular flexibility index (Phi) is 3.83. The molecular weight excluding hydrogens is 198 g/mol. The van der Waals surface area contributed by atoms with Crippen LogP contribution in [0.25, 0.3) is 0 Å². The maximum atomic E-state index is 10.5. The van der Waals surface area contributed by atoms with Gasteiger partial charge >= 0.3 is 6.09 Å². The summed E-state index contributed by atoms with van der Waals surface area (Å²) in [4.78, 5) is 12.7. The summed E-state index contributed by atoms with van der Waals surface area (Å²) in [6.45, 7) is 0.493. The van der Waals surface area contributed by atoms with Crippen LogP contribution in [0, 0.1) is 0 Å². The lowest BCUT2D eigenvalue weighted by molar-refractivity contribution is 0.156. The monoisotopic (exact) mass is 211 g/mol. The van der Waals surface area contributed by atoms with Crippen molar-refractivity contribution in [3.05, 3.63) is 29.8 Å². The average Bonchev–Trinajstić information content (AvgIpc) is 2.16. The zero-order valence-corrected chi connectivity index (χ0v) is 8.87. The van der Waals surface area contributed by atoms with E-state index in [0.29, 0.717) is 13.0 Å². The summed E-state index contributed by atoms with van der Waals surface area (Å²) in [5.74, 6) is 0. The molecule has 0 spiro atoms. The molecular formula is C10H13NO2S. The predicted molar refractivity (Wildman–Crippen MR) is 58.1 cm³/mol. The lowest BCUT2D eigenvalue weighted by Gasteiger charge is -2.13. The van der Waals surface area contributed by atoms with Gasteiger partial charge in [-0.15, -0.1) is 12.6 Å². The van der Waals surface area contributed by atoms with Gasteiger partial charge in [-0.05, 0) is 18.1 Å². The van der Waals surface area contributed by atoms with E-state index in [-0.39, 0.29) is 0 Å². The molecule has 4 heteroatoms. The Labute approximate surface area is 88.8 Å². The van der Waals surface area contributed by atoms with Crippen LogP contribution in [0.1, 0.15) is 5.56 Å². The molecule has 1 aromatic carbocycles. The number of hydrogen-bond acceptors (Lipinski definition) is 2. The van der Waals surface area contributed by atoms with Crippen molar-refractivity contribution in [3.8, 4) is 0 Å². The molecule has 0 radical (unpaired) electrons. The molecule has 0 saturated carbocycles. The molecule has 0 aliphatic rings. The van der Waals surface area contributed by atoms with Crippen molar-refractivity contribution in [1.82, 2.24) is 4.90 Å². The van der Waals surface area contributed by atoms with Crippen LogP contribution in [0.2, 0.25) is 0 Å². The molecule has 1 aromatic rings. The van der Waals surface area contributed by atoms with Gasteiger partial charge in [-0.25, -0.2) is 4.79 Å². The highest BCUT2D eigenvalue weighted by molar-refractivity contribution is 7.80. The highest BCUT2D eigenvalue weighted by Gasteiger charge is 2.05. The second-order valence-electron chi connectivity index (χ2n) is 3.08. The van der Waals surface area contributed by atoms with Crippen molar-refractivity contribution in [2.75, 3.05) is 13.6 Å². The molecule has 1 rings (SSSR count). The zero-order chi connectivity index (χ0) is 10.6. The van der Waals surface area contributed by atoms with Crippen molar-refractivity contribution in [2.45, 2.75) is 11.3 Å². The van der Waals surface area contributed by atoms with Gasteiger partial charge in [0.25, 0.3) is 0 Å². The summed E-state index contributed by atoms with van der Waals surface area (Å²) in [7, 11) is 1.56. The van der Waals surface area contributed by atoms with Gasteiger partial charge in [0, 0.05) is 18.5 Å². The second-order valence-corrected chi connectivity index (χ2v) is 3.56. The standard InChI is InChI=1S/C10H13NO2S/c1-11(10(12)13)7-6-8-4-2-3-5-9(8)14/h2-5,14H,6-7H2,1H3,(H,12,13). The summed E-state index contributed by atoms with van der Waals surface area (Å²) in [6, 6.07) is 7.69. The molecule has 14 heavy (non-hydrogen) atoms. The molecule has 1 N–H and O–H groups in total. The second kappa shape index (κ2) is 4.91. The molecule has 0 aliphatic carbocycles. The van der Waals surface area contributed by atoms with E-state index in [2.05, 4.69) is 12.6 Å². The van der Waals surface area contributed by atoms with Gasteiger partial charge in [0.2, 0.25) is 0 Å². The number of carbonyl (C=O) groups is 1. The number of amides is 1. The molecule has 0 aromatic heterocycles. The SMILES string of the molecule is CN(CCc1ccccc1S)C(=O)O. The largest absolute Gasteiger partial charge is 0.465 e. The molecule has 0 heterocycles. The number of hydrogen-bond donors (Lipinski definition) is 2. The van der Waals surface area contributed by atoms with E-state index in [1.54, 1.807) is 7.05 Å². The Morgan fingerprint density at radius 3 is 2.71 bits per heavy atom. The first-order valence-corrected chi connectivity index (χ1v) is 4.77. The lowest BCUT2D eigenvalue weighted by atomic mass is 10.1. The van der Waals surface area contributed by atoms with Crippen LogP contribution >= 0.6 is 12.6 Å². The fraction of sp³-hybridized carbons (Fsp3) is 0.300. The first kappa shape index (κ1) is 10.9. The van der Waals surface area contributed by atoms with E-state index in [9.17, 15) is 4.79 Å². The van der Waals surface area contributed by atoms with Crippen LogP contribution in [-0.2, 0) is 6.42 Å². The zero-order valence-electron chi connectivity index (χ0n) is 7.97. The summed E-state index contributed by atoms with van der Waals surface area (Å²) < 4.78 is 0. The number of thiol groups is 1. The Balaban J connectivity index is 2.54. The maximum absolute atomic E-state index is 10.5. The molecule has 0 bridgehead atoms. The molecule has 76 valence electrons. The molecule has 1 amide bonds. The molecule has 0 aliphatic heterocycles. The number of likely N-dealkylation sites (N-methyl/N-ethyl adjacent to an activating group) is 1. The van der Waals surface area contributed by atoms with Crippen LogP contribution < -0.4 is 0 Å². The Morgan fingerprint density at radius 1 is 1.50 bits per heavy atom. The third-order valence-corrected chi connectivity index (χ3v) is 2.47. The summed E-state index contributed by atoms with van der Waals surface area (Å²) in [5, 5.41) is 8.64. The Morgan fingerprint density at radius 2 is 2.14 bits per heavy atom. The predicted octanol–water partition coefficient (Wildman–Crippen LogP) is 2.13. The molecule has 0 fully saturated rings. The van der Waals surface area contributed by atoms with E-state index >= 15 is 0 Å². The van der Waals surface area contributed by atoms with Gasteiger partial charge in [0.15, 0.2) is 0 Å². The smallest absolute Gasteiger partial charge is 0.407 e. The van der Waals surface area contributed by atoms with Crippen LogP contribution in [0.15, 0.2) is 29.2 Å². The van der Waals surface area contributed by atoms with Gasteiger partial charge in [-0.3, -0.25) is 0 Å². The van der Waals surface area contributed by atoms with Gasteiger partial charge in [-0.1, -0.05) is 18.2 Å². The number of benzene rings is 1. The van der Waals surface area contributed by atoms with E-state index in [1.165, 1.54) is 4.90 Å². The van der Waals surface area contributed by atoms with E-state index in [1.807, 2.05) is 24.3 Å². The van der Waals surface area contributed by atoms with Crippen molar-refractivity contribution in [3.63, 3.8) is 0 Å². The van der Waals surface area contributed by atoms with Crippen LogP contribution in [0.3, 0.4) is 0 Å². The fourth-order valence-corrected chi connectivity index (χ4v) is 1.38. The minimum atomic E-state index is -0.901. The third-order valence-electron chi connectivity index (χ3n) is 2.03. The van der Waals surface area contributed by atoms with E-state index < -0.39 is 6.09 Å². The van der Waals surface area contributed by atoms with Crippen LogP contribution in [-0.4, -0.2) is 29.7 Å². The van der Waals surface area contributed by atoms with Gasteiger partial charge in [0.1, 0.15) is 0 Å². The van der Waals surface area contributed by atoms with Gasteiger partial charge < -0.3 is 10.0 Å². The van der Waals surface area contributed by atoms with E-state index in [0.717, 1.165) is 10.5 Å². The van der Waals surface area contributed by atoms with Crippen molar-refractivity contribution >= 4 is 18.7 Å². The van der Waals surface area contributed by atoms with Crippen LogP contribution in [0.5, 0.6) is 0 Å². The highest BCUT2D eigenvalue weighted by atomic mass is 32.1. The average molecular weight is 211 g/mol. The minimum Gasteiger partial charge on any atom is -0.465 e. The number of nitrogens with zero attached hydrogens (tertiary/aromatic N) is 1. The third kappa shape index (κ3) is 2.96. The first-order chi connectivity index (χ1) is 6.61. The molecule has 0 saturated heterocycles. The Bertz CT molecular complexity index is 328. The molecule has 0 atom stereocenters. The van der Waals surface area contributed by atoms with Crippen molar-refractivity contribution in [2.24, 2.45) is 0 Å². The fourth-order valence-electron chi connectivity index (χ4n) is 1.11. The lowest BCUT2D eigenvalue weighted by Crippen LogP contribution is -2.26. The normalized spacial score (nSPS) is 9.86. The summed E-state index contributed by atoms with van der Waals surface area (Å²) in [5.41, 5.74) is 1.07. The first-order valence-electron chi connectivity index (χ1n) is 4.32. The van der Waals surface area contributed by atoms with E-state index in [4.69, 9.17) is 5.11 Å². The van der Waals surface area contributed by atoms with Gasteiger partial charge in [0.05, 0.1) is 0 Å². The molecule has 3 nitrogen and oxygen atoms in total. The summed E-state index contributed by atoms with van der Waals surface area (Å²) >= 11 is 4.29. The quantitative estimate of drug-likeness (QED) is 0.752. The number of carboxylic acid groups (broad SMARTS) is 1. The highest BCUT2D eigenvalue weighted by Crippen LogP contribution is 2.13. The minimum absolute atomic E-state index is 0.493.